The number of rotatable bonds is 7. The number of halogens is 1. The lowest BCUT2D eigenvalue weighted by molar-refractivity contribution is -0.132. The molecule has 0 aliphatic carbocycles. The fourth-order valence-corrected chi connectivity index (χ4v) is 5.12. The SMILES string of the molecule is CN(Cc1ccccc1F)C(=O)COc1ccc(S(=O)(=O)N2CCc3ccccc32)cc1. The largest absolute Gasteiger partial charge is 0.484 e. The van der Waals surface area contributed by atoms with E-state index in [1.165, 1.54) is 39.5 Å². The third-order valence-corrected chi connectivity index (χ3v) is 7.24. The maximum Gasteiger partial charge on any atom is 0.264 e. The summed E-state index contributed by atoms with van der Waals surface area (Å²) in [6.07, 6.45) is 0.680. The summed E-state index contributed by atoms with van der Waals surface area (Å²) in [6.45, 7) is 0.294. The lowest BCUT2D eigenvalue weighted by Crippen LogP contribution is -2.31. The zero-order valence-corrected chi connectivity index (χ0v) is 18.4. The number of hydrogen-bond donors (Lipinski definition) is 0. The molecule has 0 aromatic heterocycles. The second-order valence-electron chi connectivity index (χ2n) is 7.56. The molecule has 0 atom stereocenters. The Kier molecular flexibility index (Phi) is 6.14. The maximum absolute atomic E-state index is 13.8. The van der Waals surface area contributed by atoms with Crippen molar-refractivity contribution < 1.29 is 22.3 Å². The van der Waals surface area contributed by atoms with Gasteiger partial charge in [0.05, 0.1) is 10.6 Å². The van der Waals surface area contributed by atoms with E-state index in [2.05, 4.69) is 0 Å². The van der Waals surface area contributed by atoms with Gasteiger partial charge in [-0.2, -0.15) is 0 Å². The maximum atomic E-state index is 13.8. The van der Waals surface area contributed by atoms with E-state index in [4.69, 9.17) is 4.74 Å². The molecule has 1 heterocycles. The minimum atomic E-state index is -3.69. The number of nitrogens with zero attached hydrogens (tertiary/aromatic N) is 2. The summed E-state index contributed by atoms with van der Waals surface area (Å²) in [7, 11) is -2.11. The Bertz CT molecular complexity index is 1230. The molecular formula is C24H23FN2O4S. The van der Waals surface area contributed by atoms with E-state index in [-0.39, 0.29) is 29.8 Å². The van der Waals surface area contributed by atoms with Gasteiger partial charge in [0.25, 0.3) is 15.9 Å². The summed E-state index contributed by atoms with van der Waals surface area (Å²) in [5.41, 5.74) is 2.13. The number of benzene rings is 3. The van der Waals surface area contributed by atoms with Crippen LogP contribution in [0.1, 0.15) is 11.1 Å². The number of amides is 1. The molecule has 0 radical (unpaired) electrons. The van der Waals surface area contributed by atoms with Gasteiger partial charge < -0.3 is 9.64 Å². The van der Waals surface area contributed by atoms with Gasteiger partial charge in [-0.3, -0.25) is 9.10 Å². The minimum Gasteiger partial charge on any atom is -0.484 e. The molecule has 0 unspecified atom stereocenters. The third kappa shape index (κ3) is 4.45. The number of sulfonamides is 1. The van der Waals surface area contributed by atoms with Crippen LogP contribution < -0.4 is 9.04 Å². The van der Waals surface area contributed by atoms with Crippen molar-refractivity contribution >= 4 is 21.6 Å². The van der Waals surface area contributed by atoms with E-state index in [1.54, 1.807) is 31.3 Å². The first-order valence-electron chi connectivity index (χ1n) is 10.2. The standard InChI is InChI=1S/C24H23FN2O4S/c1-26(16-19-7-2-4-8-22(19)25)24(28)17-31-20-10-12-21(13-11-20)32(29,30)27-15-14-18-6-3-5-9-23(18)27/h2-13H,14-17H2,1H3. The molecular weight excluding hydrogens is 431 g/mol. The van der Waals surface area contributed by atoms with E-state index in [1.807, 2.05) is 18.2 Å². The number of anilines is 1. The van der Waals surface area contributed by atoms with Crippen LogP contribution in [0, 0.1) is 5.82 Å². The van der Waals surface area contributed by atoms with Crippen LogP contribution in [0.25, 0.3) is 0 Å². The zero-order chi connectivity index (χ0) is 22.7. The summed E-state index contributed by atoms with van der Waals surface area (Å²) < 4.78 is 46.8. The van der Waals surface area contributed by atoms with Gasteiger partial charge in [0.1, 0.15) is 11.6 Å². The van der Waals surface area contributed by atoms with Crippen molar-refractivity contribution in [2.24, 2.45) is 0 Å². The van der Waals surface area contributed by atoms with Gasteiger partial charge in [0, 0.05) is 25.7 Å². The molecule has 0 bridgehead atoms. The van der Waals surface area contributed by atoms with Gasteiger partial charge in [-0.15, -0.1) is 0 Å². The van der Waals surface area contributed by atoms with Gasteiger partial charge in [-0.25, -0.2) is 12.8 Å². The average Bonchev–Trinajstić information content (AvgIpc) is 3.24. The van der Waals surface area contributed by atoms with Gasteiger partial charge in [0.2, 0.25) is 0 Å². The Morgan fingerprint density at radius 1 is 1.03 bits per heavy atom. The first-order valence-corrected chi connectivity index (χ1v) is 11.6. The molecule has 32 heavy (non-hydrogen) atoms. The molecule has 0 saturated heterocycles. The van der Waals surface area contributed by atoms with Gasteiger partial charge in [0.15, 0.2) is 6.61 Å². The van der Waals surface area contributed by atoms with E-state index >= 15 is 0 Å². The van der Waals surface area contributed by atoms with Crippen molar-refractivity contribution in [2.75, 3.05) is 24.5 Å². The summed E-state index contributed by atoms with van der Waals surface area (Å²) in [4.78, 5) is 13.9. The predicted octanol–water partition coefficient (Wildman–Crippen LogP) is 3.61. The molecule has 3 aromatic rings. The molecule has 3 aromatic carbocycles. The predicted molar refractivity (Wildman–Crippen MR) is 119 cm³/mol. The number of para-hydroxylation sites is 1. The molecule has 4 rings (SSSR count). The van der Waals surface area contributed by atoms with Crippen LogP contribution in [-0.4, -0.2) is 39.4 Å². The Hall–Kier alpha value is -3.39. The van der Waals surface area contributed by atoms with Crippen LogP contribution in [0.15, 0.2) is 77.7 Å². The van der Waals surface area contributed by atoms with Crippen molar-refractivity contribution in [2.45, 2.75) is 17.9 Å². The number of hydrogen-bond acceptors (Lipinski definition) is 4. The van der Waals surface area contributed by atoms with E-state index in [0.717, 1.165) is 5.56 Å². The first-order chi connectivity index (χ1) is 15.4. The number of ether oxygens (including phenoxy) is 1. The third-order valence-electron chi connectivity index (χ3n) is 5.41. The van der Waals surface area contributed by atoms with Crippen molar-refractivity contribution in [3.05, 3.63) is 89.7 Å². The average molecular weight is 455 g/mol. The van der Waals surface area contributed by atoms with E-state index in [0.29, 0.717) is 30.0 Å². The first kappa shape index (κ1) is 21.8. The Labute approximate surface area is 186 Å². The van der Waals surface area contributed by atoms with Gasteiger partial charge in [-0.1, -0.05) is 36.4 Å². The fourth-order valence-electron chi connectivity index (χ4n) is 3.62. The van der Waals surface area contributed by atoms with Crippen molar-refractivity contribution in [1.82, 2.24) is 4.90 Å². The lowest BCUT2D eigenvalue weighted by atomic mass is 10.2. The molecule has 1 aliphatic rings. The number of likely N-dealkylation sites (N-methyl/N-ethyl adjacent to an activating group) is 1. The molecule has 1 aliphatic heterocycles. The highest BCUT2D eigenvalue weighted by molar-refractivity contribution is 7.92. The van der Waals surface area contributed by atoms with Gasteiger partial charge >= 0.3 is 0 Å². The second-order valence-corrected chi connectivity index (χ2v) is 9.42. The van der Waals surface area contributed by atoms with E-state index in [9.17, 15) is 17.6 Å². The quantitative estimate of drug-likeness (QED) is 0.547. The van der Waals surface area contributed by atoms with Crippen molar-refractivity contribution in [3.8, 4) is 5.75 Å². The molecule has 8 heteroatoms. The topological polar surface area (TPSA) is 66.9 Å². The number of carbonyl (C=O) groups excluding carboxylic acids is 1. The monoisotopic (exact) mass is 454 g/mol. The van der Waals surface area contributed by atoms with Gasteiger partial charge in [-0.05, 0) is 48.4 Å². The number of fused-ring (bicyclic) bond motifs is 1. The summed E-state index contributed by atoms with van der Waals surface area (Å²) in [5, 5.41) is 0. The van der Waals surface area contributed by atoms with Crippen LogP contribution in [0.2, 0.25) is 0 Å². The second kappa shape index (κ2) is 9.00. The fraction of sp³-hybridized carbons (Fsp3) is 0.208. The van der Waals surface area contributed by atoms with E-state index < -0.39 is 10.0 Å². The van der Waals surface area contributed by atoms with Crippen LogP contribution in [0.3, 0.4) is 0 Å². The Morgan fingerprint density at radius 3 is 2.47 bits per heavy atom. The normalized spacial score (nSPS) is 13.0. The molecule has 0 saturated carbocycles. The van der Waals surface area contributed by atoms with Crippen LogP contribution in [0.4, 0.5) is 10.1 Å². The lowest BCUT2D eigenvalue weighted by Gasteiger charge is -2.20. The molecule has 1 amide bonds. The molecule has 166 valence electrons. The highest BCUT2D eigenvalue weighted by Crippen LogP contribution is 2.33. The molecule has 0 N–H and O–H groups in total. The van der Waals surface area contributed by atoms with Crippen LogP contribution >= 0.6 is 0 Å². The van der Waals surface area contributed by atoms with Crippen LogP contribution in [-0.2, 0) is 27.8 Å². The minimum absolute atomic E-state index is 0.128. The Morgan fingerprint density at radius 2 is 1.72 bits per heavy atom. The number of carbonyl (C=O) groups is 1. The van der Waals surface area contributed by atoms with Crippen molar-refractivity contribution in [3.63, 3.8) is 0 Å². The summed E-state index contributed by atoms with van der Waals surface area (Å²) in [6, 6.07) is 19.7. The Balaban J connectivity index is 1.38. The smallest absolute Gasteiger partial charge is 0.264 e. The zero-order valence-electron chi connectivity index (χ0n) is 17.6. The highest BCUT2D eigenvalue weighted by Gasteiger charge is 2.30. The summed E-state index contributed by atoms with van der Waals surface area (Å²) >= 11 is 0. The molecule has 0 spiro atoms. The van der Waals surface area contributed by atoms with Crippen LogP contribution in [0.5, 0.6) is 5.75 Å². The summed E-state index contributed by atoms with van der Waals surface area (Å²) in [5.74, 6) is -0.317. The molecule has 0 fully saturated rings. The van der Waals surface area contributed by atoms with Crippen molar-refractivity contribution in [1.29, 1.82) is 0 Å². The highest BCUT2D eigenvalue weighted by atomic mass is 32.2. The molecule has 6 nitrogen and oxygen atoms in total.